The van der Waals surface area contributed by atoms with Crippen LogP contribution in [0.3, 0.4) is 0 Å². The number of ether oxygens (including phenoxy) is 3. The summed E-state index contributed by atoms with van der Waals surface area (Å²) < 4.78 is 17.8. The van der Waals surface area contributed by atoms with Crippen LogP contribution in [0.25, 0.3) is 10.9 Å². The zero-order valence-corrected chi connectivity index (χ0v) is 20.2. The third-order valence-corrected chi connectivity index (χ3v) is 7.33. The fourth-order valence-corrected chi connectivity index (χ4v) is 5.50. The van der Waals surface area contributed by atoms with Gasteiger partial charge in [0.15, 0.2) is 0 Å². The quantitative estimate of drug-likeness (QED) is 0.428. The highest BCUT2D eigenvalue weighted by Gasteiger charge is 2.45. The average molecular weight is 481 g/mol. The summed E-state index contributed by atoms with van der Waals surface area (Å²) in [6.45, 7) is 4.58. The van der Waals surface area contributed by atoms with Crippen LogP contribution in [-0.2, 0) is 9.47 Å². The van der Waals surface area contributed by atoms with E-state index in [4.69, 9.17) is 25.8 Å². The Morgan fingerprint density at radius 1 is 1.21 bits per heavy atom. The molecule has 1 aromatic heterocycles. The zero-order valence-electron chi connectivity index (χ0n) is 19.4. The molecule has 7 heteroatoms. The van der Waals surface area contributed by atoms with Gasteiger partial charge in [0.1, 0.15) is 11.9 Å². The molecule has 2 aromatic carbocycles. The maximum absolute atomic E-state index is 13.3. The predicted octanol–water partition coefficient (Wildman–Crippen LogP) is 5.29. The molecule has 0 radical (unpaired) electrons. The van der Waals surface area contributed by atoms with E-state index in [1.807, 2.05) is 31.2 Å². The average Bonchev–Trinajstić information content (AvgIpc) is 2.87. The number of piperidine rings is 3. The first-order chi connectivity index (χ1) is 16.6. The Kier molecular flexibility index (Phi) is 6.73. The first-order valence-corrected chi connectivity index (χ1v) is 12.2. The first kappa shape index (κ1) is 23.1. The number of methoxy groups -OCH3 is 1. The monoisotopic (exact) mass is 480 g/mol. The van der Waals surface area contributed by atoms with E-state index in [2.05, 4.69) is 9.88 Å². The third kappa shape index (κ3) is 4.50. The normalized spacial score (nSPS) is 24.7. The second-order valence-corrected chi connectivity index (χ2v) is 9.39. The molecule has 3 aliphatic heterocycles. The lowest BCUT2D eigenvalue weighted by atomic mass is 9.78. The number of carbonyl (C=O) groups is 1. The van der Waals surface area contributed by atoms with Crippen LogP contribution in [0.2, 0.25) is 5.02 Å². The Balaban J connectivity index is 1.54. The van der Waals surface area contributed by atoms with Crippen molar-refractivity contribution in [2.24, 2.45) is 5.92 Å². The van der Waals surface area contributed by atoms with Gasteiger partial charge in [0.2, 0.25) is 0 Å². The third-order valence-electron chi connectivity index (χ3n) is 7.07. The van der Waals surface area contributed by atoms with Gasteiger partial charge in [0.05, 0.1) is 30.3 Å². The van der Waals surface area contributed by atoms with Crippen molar-refractivity contribution in [1.82, 2.24) is 9.88 Å². The molecule has 0 aliphatic carbocycles. The second kappa shape index (κ2) is 9.90. The molecule has 3 saturated heterocycles. The van der Waals surface area contributed by atoms with Gasteiger partial charge in [0.25, 0.3) is 0 Å². The van der Waals surface area contributed by atoms with E-state index < -0.39 is 6.10 Å². The van der Waals surface area contributed by atoms with Gasteiger partial charge in [-0.25, -0.2) is 4.79 Å². The van der Waals surface area contributed by atoms with Crippen molar-refractivity contribution >= 4 is 28.5 Å². The molecule has 6 nitrogen and oxygen atoms in total. The van der Waals surface area contributed by atoms with Crippen molar-refractivity contribution in [2.75, 3.05) is 26.8 Å². The van der Waals surface area contributed by atoms with Crippen LogP contribution in [-0.4, -0.2) is 54.8 Å². The van der Waals surface area contributed by atoms with Crippen LogP contribution in [0, 0.1) is 5.92 Å². The number of nitrogens with zero attached hydrogens (tertiary/aromatic N) is 2. The number of esters is 1. The summed E-state index contributed by atoms with van der Waals surface area (Å²) in [5, 5.41) is 1.51. The van der Waals surface area contributed by atoms with E-state index in [0.717, 1.165) is 48.1 Å². The Labute approximate surface area is 204 Å². The molecule has 6 rings (SSSR count). The second-order valence-electron chi connectivity index (χ2n) is 8.96. The minimum atomic E-state index is -0.453. The summed E-state index contributed by atoms with van der Waals surface area (Å²) >= 11 is 6.03. The van der Waals surface area contributed by atoms with E-state index >= 15 is 0 Å². The van der Waals surface area contributed by atoms with Gasteiger partial charge >= 0.3 is 5.97 Å². The highest BCUT2D eigenvalue weighted by Crippen LogP contribution is 2.42. The van der Waals surface area contributed by atoms with E-state index in [-0.39, 0.29) is 18.1 Å². The summed E-state index contributed by atoms with van der Waals surface area (Å²) in [6.07, 6.45) is 3.58. The first-order valence-electron chi connectivity index (χ1n) is 11.8. The topological polar surface area (TPSA) is 60.9 Å². The molecule has 0 amide bonds. The molecular formula is C27H29ClN2O4. The SMILES string of the molecule is CCO[C@H]1CN2CC[C@@H]1C[C@@H]2[C@@H](OC(=O)c1ccc(Cl)cc1)c1ccnc2ccc(OC)cc12. The Bertz CT molecular complexity index is 1170. The molecule has 0 N–H and O–H groups in total. The van der Waals surface area contributed by atoms with Crippen molar-refractivity contribution in [3.8, 4) is 5.75 Å². The molecule has 0 spiro atoms. The van der Waals surface area contributed by atoms with Crippen molar-refractivity contribution in [2.45, 2.75) is 38.0 Å². The summed E-state index contributed by atoms with van der Waals surface area (Å²) in [6, 6.07) is 14.6. The fourth-order valence-electron chi connectivity index (χ4n) is 5.38. The predicted molar refractivity (Wildman–Crippen MR) is 131 cm³/mol. The lowest BCUT2D eigenvalue weighted by Crippen LogP contribution is -2.58. The lowest BCUT2D eigenvalue weighted by Gasteiger charge is -2.51. The number of aromatic nitrogens is 1. The molecule has 3 aromatic rings. The number of carbonyl (C=O) groups excluding carboxylic acids is 1. The van der Waals surface area contributed by atoms with Crippen LogP contribution in [0.4, 0.5) is 0 Å². The maximum Gasteiger partial charge on any atom is 0.338 e. The standard InChI is InChI=1S/C27H29ClN2O4/c1-3-33-25-16-30-13-11-18(25)14-24(30)26(34-27(31)17-4-6-19(28)7-5-17)21-10-12-29-23-9-8-20(32-2)15-22(21)23/h4-10,12,15,18,24-26H,3,11,13-14,16H2,1-2H3/t18-,24-,25+,26+/m1/s1. The van der Waals surface area contributed by atoms with Crippen molar-refractivity contribution < 1.29 is 19.0 Å². The molecule has 1 unspecified atom stereocenters. The number of rotatable bonds is 7. The molecule has 4 heterocycles. The minimum absolute atomic E-state index is 0.0588. The highest BCUT2D eigenvalue weighted by molar-refractivity contribution is 6.30. The number of pyridine rings is 1. The number of fused-ring (bicyclic) bond motifs is 4. The molecular weight excluding hydrogens is 452 g/mol. The van der Waals surface area contributed by atoms with Gasteiger partial charge in [0, 0.05) is 35.3 Å². The van der Waals surface area contributed by atoms with Crippen molar-refractivity contribution in [3.63, 3.8) is 0 Å². The number of halogens is 1. The van der Waals surface area contributed by atoms with Crippen LogP contribution in [0.1, 0.15) is 41.8 Å². The molecule has 0 saturated carbocycles. The fraction of sp³-hybridized carbons (Fsp3) is 0.407. The maximum atomic E-state index is 13.3. The summed E-state index contributed by atoms with van der Waals surface area (Å²) in [5.74, 6) is 0.833. The van der Waals surface area contributed by atoms with Crippen molar-refractivity contribution in [3.05, 3.63) is 70.9 Å². The smallest absolute Gasteiger partial charge is 0.338 e. The van der Waals surface area contributed by atoms with Gasteiger partial charge in [-0.1, -0.05) is 11.6 Å². The van der Waals surface area contributed by atoms with E-state index in [0.29, 0.717) is 23.1 Å². The van der Waals surface area contributed by atoms with Crippen LogP contribution < -0.4 is 4.74 Å². The van der Waals surface area contributed by atoms with E-state index in [1.54, 1.807) is 37.6 Å². The van der Waals surface area contributed by atoms with Crippen LogP contribution in [0.5, 0.6) is 5.75 Å². The zero-order chi connectivity index (χ0) is 23.7. The van der Waals surface area contributed by atoms with Gasteiger partial charge in [-0.05, 0) is 80.8 Å². The molecule has 5 atom stereocenters. The van der Waals surface area contributed by atoms with Crippen LogP contribution >= 0.6 is 11.6 Å². The molecule has 34 heavy (non-hydrogen) atoms. The van der Waals surface area contributed by atoms with Crippen molar-refractivity contribution in [1.29, 1.82) is 0 Å². The van der Waals surface area contributed by atoms with E-state index in [1.165, 1.54) is 0 Å². The summed E-state index contributed by atoms with van der Waals surface area (Å²) in [7, 11) is 1.65. The Morgan fingerprint density at radius 3 is 2.74 bits per heavy atom. The Hall–Kier alpha value is -2.67. The van der Waals surface area contributed by atoms with Gasteiger partial charge in [-0.3, -0.25) is 9.88 Å². The molecule has 2 bridgehead atoms. The lowest BCUT2D eigenvalue weighted by molar-refractivity contribution is -0.116. The summed E-state index contributed by atoms with van der Waals surface area (Å²) in [4.78, 5) is 20.2. The molecule has 3 aliphatic rings. The number of hydrogen-bond donors (Lipinski definition) is 0. The Morgan fingerprint density at radius 2 is 2.03 bits per heavy atom. The van der Waals surface area contributed by atoms with Crippen LogP contribution in [0.15, 0.2) is 54.7 Å². The van der Waals surface area contributed by atoms with E-state index in [9.17, 15) is 4.79 Å². The van der Waals surface area contributed by atoms with Gasteiger partial charge in [-0.15, -0.1) is 0 Å². The minimum Gasteiger partial charge on any atom is -0.497 e. The number of hydrogen-bond acceptors (Lipinski definition) is 6. The molecule has 3 fully saturated rings. The highest BCUT2D eigenvalue weighted by atomic mass is 35.5. The molecule has 178 valence electrons. The number of benzene rings is 2. The largest absolute Gasteiger partial charge is 0.497 e. The van der Waals surface area contributed by atoms with Gasteiger partial charge < -0.3 is 14.2 Å². The van der Waals surface area contributed by atoms with Gasteiger partial charge in [-0.2, -0.15) is 0 Å². The summed E-state index contributed by atoms with van der Waals surface area (Å²) in [5.41, 5.74) is 2.26.